The van der Waals surface area contributed by atoms with Crippen LogP contribution in [0.1, 0.15) is 13.8 Å². The number of sulfonamides is 1. The van der Waals surface area contributed by atoms with Crippen molar-refractivity contribution in [2.45, 2.75) is 28.5 Å². The minimum Gasteiger partial charge on any atom is -0.282 e. The van der Waals surface area contributed by atoms with Gasteiger partial charge in [-0.2, -0.15) is 16.8 Å². The van der Waals surface area contributed by atoms with Crippen molar-refractivity contribution in [1.29, 1.82) is 0 Å². The molecule has 21 heavy (non-hydrogen) atoms. The van der Waals surface area contributed by atoms with Gasteiger partial charge in [-0.1, -0.05) is 25.4 Å². The molecule has 0 heterocycles. The molecule has 0 aliphatic rings. The Morgan fingerprint density at radius 3 is 1.52 bits per heavy atom. The van der Waals surface area contributed by atoms with Crippen molar-refractivity contribution in [3.05, 3.63) is 17.2 Å². The summed E-state index contributed by atoms with van der Waals surface area (Å²) in [6, 6.07) is 0.579. The largest absolute Gasteiger partial charge is 0.296 e. The van der Waals surface area contributed by atoms with Gasteiger partial charge in [0.15, 0.2) is 0 Å². The highest BCUT2D eigenvalue weighted by Gasteiger charge is 2.28. The van der Waals surface area contributed by atoms with Crippen LogP contribution >= 0.6 is 11.6 Å². The quantitative estimate of drug-likeness (QED) is 0.635. The van der Waals surface area contributed by atoms with Crippen LogP contribution in [0.4, 0.5) is 0 Å². The van der Waals surface area contributed by atoms with Crippen molar-refractivity contribution in [2.24, 2.45) is 5.14 Å². The summed E-state index contributed by atoms with van der Waals surface area (Å²) in [5, 5.41) is 3.93. The van der Waals surface area contributed by atoms with E-state index in [1.807, 2.05) is 13.8 Å². The van der Waals surface area contributed by atoms with Crippen LogP contribution in [0.2, 0.25) is 5.02 Å². The molecular formula is C8H12ClNO8S3. The molecule has 122 valence electrons. The highest BCUT2D eigenvalue weighted by Crippen LogP contribution is 2.30. The fourth-order valence-corrected chi connectivity index (χ4v) is 4.17. The summed E-state index contributed by atoms with van der Waals surface area (Å²) >= 11 is 5.41. The van der Waals surface area contributed by atoms with Crippen LogP contribution in [0, 0.1) is 0 Å². The van der Waals surface area contributed by atoms with Crippen molar-refractivity contribution < 1.29 is 34.4 Å². The molecule has 0 aliphatic heterocycles. The summed E-state index contributed by atoms with van der Waals surface area (Å²) in [6.07, 6.45) is 0. The van der Waals surface area contributed by atoms with Gasteiger partial charge in [-0.3, -0.25) is 9.11 Å². The Morgan fingerprint density at radius 1 is 0.857 bits per heavy atom. The molecule has 0 unspecified atom stereocenters. The lowest BCUT2D eigenvalue weighted by atomic mass is 10.3. The summed E-state index contributed by atoms with van der Waals surface area (Å²) in [7, 11) is -14.6. The van der Waals surface area contributed by atoms with Gasteiger partial charge in [-0.15, -0.1) is 0 Å². The van der Waals surface area contributed by atoms with Gasteiger partial charge in [-0.05, 0) is 12.1 Å². The maximum atomic E-state index is 11.1. The lowest BCUT2D eigenvalue weighted by Crippen LogP contribution is -2.17. The molecule has 1 aromatic carbocycles. The predicted octanol–water partition coefficient (Wildman–Crippen LogP) is 0.507. The first kappa shape index (κ1) is 20.2. The number of rotatable bonds is 3. The maximum Gasteiger partial charge on any atom is 0.296 e. The molecule has 0 aromatic heterocycles. The van der Waals surface area contributed by atoms with Crippen LogP contribution in [0.25, 0.3) is 0 Å². The molecule has 0 bridgehead atoms. The van der Waals surface area contributed by atoms with E-state index in [0.29, 0.717) is 6.07 Å². The molecule has 0 atom stereocenters. The first-order chi connectivity index (χ1) is 9.24. The summed E-state index contributed by atoms with van der Waals surface area (Å²) < 4.78 is 83.8. The Balaban J connectivity index is 0.00000191. The molecule has 0 saturated carbocycles. The summed E-state index contributed by atoms with van der Waals surface area (Å²) in [6.45, 7) is 4.00. The molecule has 13 heteroatoms. The van der Waals surface area contributed by atoms with Gasteiger partial charge in [0, 0.05) is 0 Å². The second-order valence-electron chi connectivity index (χ2n) is 3.22. The third-order valence-corrected chi connectivity index (χ3v) is 5.15. The molecule has 0 fully saturated rings. The number of primary sulfonamides is 1. The Hall–Kier alpha value is -0.760. The molecule has 0 aliphatic carbocycles. The van der Waals surface area contributed by atoms with Crippen LogP contribution in [0.5, 0.6) is 0 Å². The molecule has 9 nitrogen and oxygen atoms in total. The number of nitrogens with two attached hydrogens (primary N) is 1. The van der Waals surface area contributed by atoms with Gasteiger partial charge in [0.25, 0.3) is 20.2 Å². The van der Waals surface area contributed by atoms with Crippen LogP contribution in [0.3, 0.4) is 0 Å². The van der Waals surface area contributed by atoms with Crippen molar-refractivity contribution in [3.63, 3.8) is 0 Å². The SMILES string of the molecule is CC.NS(=O)(=O)c1cc(Cl)c(S(=O)(=O)O)cc1S(=O)(=O)O. The smallest absolute Gasteiger partial charge is 0.282 e. The normalized spacial score (nSPS) is 12.5. The molecule has 0 spiro atoms. The topological polar surface area (TPSA) is 169 Å². The summed E-state index contributed by atoms with van der Waals surface area (Å²) in [5.74, 6) is 0. The van der Waals surface area contributed by atoms with Crippen molar-refractivity contribution in [3.8, 4) is 0 Å². The maximum absolute atomic E-state index is 11.1. The second-order valence-corrected chi connectivity index (χ2v) is 7.94. The number of hydrogen-bond donors (Lipinski definition) is 3. The van der Waals surface area contributed by atoms with Crippen LogP contribution in [0.15, 0.2) is 26.8 Å². The first-order valence-corrected chi connectivity index (χ1v) is 9.86. The fraction of sp³-hybridized carbons (Fsp3) is 0.250. The van der Waals surface area contributed by atoms with Crippen LogP contribution in [-0.4, -0.2) is 34.4 Å². The van der Waals surface area contributed by atoms with E-state index in [1.165, 1.54) is 0 Å². The van der Waals surface area contributed by atoms with Crippen molar-refractivity contribution in [1.82, 2.24) is 0 Å². The summed E-state index contributed by atoms with van der Waals surface area (Å²) in [4.78, 5) is -3.51. The first-order valence-electron chi connectivity index (χ1n) is 5.06. The standard InChI is InChI=1S/C6H6ClNO8S3.C2H6/c7-3-1-5(17(8,9)10)6(19(14,15)16)2-4(3)18(11,12)13;1-2/h1-2H,(H2,8,9,10)(H,11,12,13)(H,14,15,16);1-2H3. The van der Waals surface area contributed by atoms with Crippen LogP contribution in [-0.2, 0) is 30.3 Å². The van der Waals surface area contributed by atoms with Gasteiger partial charge >= 0.3 is 0 Å². The molecule has 0 saturated heterocycles. The van der Waals surface area contributed by atoms with E-state index in [4.69, 9.17) is 25.8 Å². The van der Waals surface area contributed by atoms with Gasteiger partial charge in [0.1, 0.15) is 14.7 Å². The lowest BCUT2D eigenvalue weighted by Gasteiger charge is -2.08. The van der Waals surface area contributed by atoms with Gasteiger partial charge in [0.05, 0.1) is 5.02 Å². The van der Waals surface area contributed by atoms with E-state index in [9.17, 15) is 25.3 Å². The zero-order valence-electron chi connectivity index (χ0n) is 10.7. The molecular weight excluding hydrogens is 370 g/mol. The number of benzene rings is 1. The van der Waals surface area contributed by atoms with E-state index in [1.54, 1.807) is 0 Å². The van der Waals surface area contributed by atoms with Gasteiger partial charge in [-0.25, -0.2) is 13.6 Å². The van der Waals surface area contributed by atoms with Crippen molar-refractivity contribution in [2.75, 3.05) is 0 Å². The lowest BCUT2D eigenvalue weighted by molar-refractivity contribution is 0.478. The van der Waals surface area contributed by atoms with Crippen molar-refractivity contribution >= 4 is 41.9 Å². The highest BCUT2D eigenvalue weighted by atomic mass is 35.5. The monoisotopic (exact) mass is 381 g/mol. The third-order valence-electron chi connectivity index (χ3n) is 1.86. The molecule has 0 amide bonds. The minimum atomic E-state index is -5.11. The number of hydrogen-bond acceptors (Lipinski definition) is 6. The summed E-state index contributed by atoms with van der Waals surface area (Å²) in [5.41, 5.74) is 0. The number of halogens is 1. The Bertz CT molecular complexity index is 842. The van der Waals surface area contributed by atoms with Gasteiger partial charge < -0.3 is 0 Å². The molecule has 1 rings (SSSR count). The predicted molar refractivity (Wildman–Crippen MR) is 73.8 cm³/mol. The molecule has 4 N–H and O–H groups in total. The van der Waals surface area contributed by atoms with E-state index in [0.717, 1.165) is 0 Å². The zero-order valence-corrected chi connectivity index (χ0v) is 13.9. The van der Waals surface area contributed by atoms with E-state index >= 15 is 0 Å². The second kappa shape index (κ2) is 6.56. The highest BCUT2D eigenvalue weighted by molar-refractivity contribution is 7.91. The van der Waals surface area contributed by atoms with E-state index < -0.39 is 50.0 Å². The Labute approximate surface area is 127 Å². The Kier molecular flexibility index (Phi) is 6.32. The third kappa shape index (κ3) is 5.18. The molecule has 0 radical (unpaired) electrons. The van der Waals surface area contributed by atoms with Gasteiger partial charge in [0.2, 0.25) is 10.0 Å². The van der Waals surface area contributed by atoms with E-state index in [2.05, 4.69) is 0 Å². The van der Waals surface area contributed by atoms with Crippen LogP contribution < -0.4 is 5.14 Å². The minimum absolute atomic E-state index is 0.187. The molecule has 1 aromatic rings. The average molecular weight is 382 g/mol. The van der Waals surface area contributed by atoms with E-state index in [-0.39, 0.29) is 6.07 Å². The fourth-order valence-electron chi connectivity index (χ4n) is 1.14. The average Bonchev–Trinajstić information content (AvgIpc) is 2.26. The zero-order chi connectivity index (χ0) is 17.2. The Morgan fingerprint density at radius 2 is 1.24 bits per heavy atom.